The van der Waals surface area contributed by atoms with Crippen LogP contribution >= 0.6 is 8.25 Å². The average molecular weight is 205 g/mol. The van der Waals surface area contributed by atoms with Gasteiger partial charge in [-0.2, -0.15) is 0 Å². The summed E-state index contributed by atoms with van der Waals surface area (Å²) in [5, 5.41) is 8.54. The summed E-state index contributed by atoms with van der Waals surface area (Å²) in [6, 6.07) is 9.52. The summed E-state index contributed by atoms with van der Waals surface area (Å²) in [6.07, 6.45) is 0. The molecular weight excluding hydrogens is 191 g/mol. The van der Waals surface area contributed by atoms with Crippen LogP contribution in [0.15, 0.2) is 30.3 Å². The highest BCUT2D eigenvalue weighted by atomic mass is 31.1. The molecule has 3 N–H and O–H groups in total. The van der Waals surface area contributed by atoms with Crippen molar-refractivity contribution in [3.05, 3.63) is 35.9 Å². The second-order valence-corrected chi connectivity index (χ2v) is 2.40. The van der Waals surface area contributed by atoms with Crippen molar-refractivity contribution in [2.24, 2.45) is 0 Å². The van der Waals surface area contributed by atoms with E-state index < -0.39 is 8.25 Å². The Balaban J connectivity index is 0. The quantitative estimate of drug-likeness (QED) is 0.606. The maximum absolute atomic E-state index is 8.70. The van der Waals surface area contributed by atoms with Crippen molar-refractivity contribution >= 4 is 8.25 Å². The molecule has 4 nitrogen and oxygen atoms in total. The SMILES string of the molecule is C.O=[P+](O)O.OCc1ccccc1. The maximum atomic E-state index is 8.70. The second kappa shape index (κ2) is 9.29. The molecule has 13 heavy (non-hydrogen) atoms. The van der Waals surface area contributed by atoms with E-state index in [1.807, 2.05) is 30.3 Å². The molecule has 0 radical (unpaired) electrons. The fourth-order valence-electron chi connectivity index (χ4n) is 0.583. The summed E-state index contributed by atoms with van der Waals surface area (Å²) in [5.41, 5.74) is 0.965. The van der Waals surface area contributed by atoms with E-state index in [1.165, 1.54) is 0 Å². The number of hydrogen-bond donors (Lipinski definition) is 3. The molecular formula is C8H14O4P+. The molecule has 0 bridgehead atoms. The van der Waals surface area contributed by atoms with E-state index >= 15 is 0 Å². The monoisotopic (exact) mass is 205 g/mol. The minimum absolute atomic E-state index is 0. The summed E-state index contributed by atoms with van der Waals surface area (Å²) in [5.74, 6) is 0. The van der Waals surface area contributed by atoms with Crippen molar-refractivity contribution in [1.29, 1.82) is 0 Å². The van der Waals surface area contributed by atoms with Gasteiger partial charge in [-0.3, -0.25) is 0 Å². The standard InChI is InChI=1S/C7H8O.CH4.HO3P/c8-6-7-4-2-1-3-5-7;;1-4(2)3/h1-5,8H,6H2;1H4;(H-,1,2,3)/p+1. The first-order chi connectivity index (χ1) is 5.66. The Morgan fingerprint density at radius 3 is 1.77 bits per heavy atom. The normalized spacial score (nSPS) is 7.62. The predicted octanol–water partition coefficient (Wildman–Crippen LogP) is 1.44. The van der Waals surface area contributed by atoms with Crippen LogP contribution in [0.25, 0.3) is 0 Å². The molecule has 0 fully saturated rings. The fourth-order valence-corrected chi connectivity index (χ4v) is 0.583. The van der Waals surface area contributed by atoms with Crippen LogP contribution in [0.3, 0.4) is 0 Å². The van der Waals surface area contributed by atoms with Crippen LogP contribution in [0, 0.1) is 0 Å². The van der Waals surface area contributed by atoms with E-state index in [9.17, 15) is 0 Å². The van der Waals surface area contributed by atoms with Crippen LogP contribution in [0.2, 0.25) is 0 Å². The molecule has 0 saturated heterocycles. The van der Waals surface area contributed by atoms with E-state index in [0.717, 1.165) is 5.56 Å². The van der Waals surface area contributed by atoms with Crippen LogP contribution < -0.4 is 0 Å². The highest BCUT2D eigenvalue weighted by Crippen LogP contribution is 1.98. The number of benzene rings is 1. The smallest absolute Gasteiger partial charge is 0.392 e. The Labute approximate surface area is 78.4 Å². The minimum Gasteiger partial charge on any atom is -0.392 e. The Morgan fingerprint density at radius 2 is 1.54 bits per heavy atom. The Kier molecular flexibility index (Phi) is 10.5. The van der Waals surface area contributed by atoms with Crippen LogP contribution in [-0.2, 0) is 11.2 Å². The lowest BCUT2D eigenvalue weighted by molar-refractivity contribution is 0.282. The molecule has 74 valence electrons. The van der Waals surface area contributed by atoms with Crippen molar-refractivity contribution in [2.45, 2.75) is 14.0 Å². The number of aliphatic hydroxyl groups is 1. The lowest BCUT2D eigenvalue weighted by atomic mass is 10.2. The van der Waals surface area contributed by atoms with Crippen molar-refractivity contribution < 1.29 is 19.5 Å². The molecule has 0 aliphatic carbocycles. The molecule has 0 aliphatic rings. The third-order valence-corrected chi connectivity index (χ3v) is 1.03. The van der Waals surface area contributed by atoms with Gasteiger partial charge in [0.15, 0.2) is 0 Å². The van der Waals surface area contributed by atoms with Gasteiger partial charge in [0.1, 0.15) is 0 Å². The molecule has 0 amide bonds. The molecule has 0 aromatic heterocycles. The summed E-state index contributed by atoms with van der Waals surface area (Å²) < 4.78 is 8.70. The van der Waals surface area contributed by atoms with E-state index in [1.54, 1.807) is 0 Å². The minimum atomic E-state index is -2.87. The lowest BCUT2D eigenvalue weighted by Gasteiger charge is -1.89. The van der Waals surface area contributed by atoms with Crippen molar-refractivity contribution in [3.63, 3.8) is 0 Å². The molecule has 0 atom stereocenters. The zero-order valence-corrected chi connectivity index (χ0v) is 7.19. The Hall–Kier alpha value is -0.800. The van der Waals surface area contributed by atoms with E-state index in [0.29, 0.717) is 0 Å². The van der Waals surface area contributed by atoms with Gasteiger partial charge in [0, 0.05) is 4.57 Å². The van der Waals surface area contributed by atoms with Gasteiger partial charge in [0.25, 0.3) is 0 Å². The number of aliphatic hydroxyl groups excluding tert-OH is 1. The first-order valence-corrected chi connectivity index (χ1v) is 4.33. The summed E-state index contributed by atoms with van der Waals surface area (Å²) in [7, 11) is -2.87. The zero-order valence-electron chi connectivity index (χ0n) is 6.29. The van der Waals surface area contributed by atoms with Crippen LogP contribution in [-0.4, -0.2) is 14.9 Å². The van der Waals surface area contributed by atoms with Crippen molar-refractivity contribution in [1.82, 2.24) is 0 Å². The fraction of sp³-hybridized carbons (Fsp3) is 0.250. The van der Waals surface area contributed by atoms with Gasteiger partial charge in [0.2, 0.25) is 0 Å². The van der Waals surface area contributed by atoms with E-state index in [2.05, 4.69) is 0 Å². The number of rotatable bonds is 1. The van der Waals surface area contributed by atoms with E-state index in [-0.39, 0.29) is 14.0 Å². The molecule has 0 unspecified atom stereocenters. The average Bonchev–Trinajstić information content (AvgIpc) is 2.05. The molecule has 1 rings (SSSR count). The van der Waals surface area contributed by atoms with Gasteiger partial charge in [-0.1, -0.05) is 37.8 Å². The van der Waals surface area contributed by atoms with Crippen molar-refractivity contribution in [3.8, 4) is 0 Å². The third-order valence-electron chi connectivity index (χ3n) is 1.03. The van der Waals surface area contributed by atoms with Gasteiger partial charge in [-0.05, 0) is 5.56 Å². The lowest BCUT2D eigenvalue weighted by Crippen LogP contribution is -1.77. The van der Waals surface area contributed by atoms with Crippen molar-refractivity contribution in [2.75, 3.05) is 0 Å². The maximum Gasteiger partial charge on any atom is 0.692 e. The van der Waals surface area contributed by atoms with Crippen LogP contribution in [0.1, 0.15) is 13.0 Å². The highest BCUT2D eigenvalue weighted by Gasteiger charge is 1.93. The molecule has 0 spiro atoms. The summed E-state index contributed by atoms with van der Waals surface area (Å²) in [6.45, 7) is 0.140. The molecule has 0 aliphatic heterocycles. The van der Waals surface area contributed by atoms with E-state index in [4.69, 9.17) is 19.5 Å². The second-order valence-electron chi connectivity index (χ2n) is 1.90. The molecule has 5 heteroatoms. The van der Waals surface area contributed by atoms with Crippen LogP contribution in [0.4, 0.5) is 0 Å². The molecule has 0 saturated carbocycles. The van der Waals surface area contributed by atoms with Gasteiger partial charge in [0.05, 0.1) is 6.61 Å². The molecule has 1 aromatic rings. The predicted molar refractivity (Wildman–Crippen MR) is 51.1 cm³/mol. The van der Waals surface area contributed by atoms with Gasteiger partial charge >= 0.3 is 8.25 Å². The largest absolute Gasteiger partial charge is 0.692 e. The first-order valence-electron chi connectivity index (χ1n) is 3.16. The summed E-state index contributed by atoms with van der Waals surface area (Å²) in [4.78, 5) is 14.2. The summed E-state index contributed by atoms with van der Waals surface area (Å²) >= 11 is 0. The van der Waals surface area contributed by atoms with Crippen LogP contribution in [0.5, 0.6) is 0 Å². The van der Waals surface area contributed by atoms with Gasteiger partial charge < -0.3 is 5.11 Å². The van der Waals surface area contributed by atoms with Gasteiger partial charge in [-0.25, -0.2) is 0 Å². The molecule has 1 aromatic carbocycles. The number of hydrogen-bond acceptors (Lipinski definition) is 2. The third kappa shape index (κ3) is 11.2. The Bertz CT molecular complexity index is 221. The topological polar surface area (TPSA) is 77.8 Å². The molecule has 0 heterocycles. The first kappa shape index (κ1) is 14.7. The Morgan fingerprint density at radius 1 is 1.15 bits per heavy atom. The zero-order chi connectivity index (χ0) is 9.40. The van der Waals surface area contributed by atoms with Gasteiger partial charge in [-0.15, -0.1) is 9.79 Å². The highest BCUT2D eigenvalue weighted by molar-refractivity contribution is 7.30.